The summed E-state index contributed by atoms with van der Waals surface area (Å²) in [6.45, 7) is 13.2. The second-order valence-electron chi connectivity index (χ2n) is 18.4. The van der Waals surface area contributed by atoms with Gasteiger partial charge in [0.05, 0.1) is 34.3 Å². The van der Waals surface area contributed by atoms with Crippen LogP contribution in [0.5, 0.6) is 0 Å². The summed E-state index contributed by atoms with van der Waals surface area (Å²) in [6.07, 6.45) is 16.3. The van der Waals surface area contributed by atoms with E-state index < -0.39 is 0 Å². The van der Waals surface area contributed by atoms with Gasteiger partial charge in [-0.05, 0) is 125 Å². The monoisotopic (exact) mass is 825 g/mol. The minimum absolute atomic E-state index is 0.0947. The number of nitrogens with two attached hydrogens (primary N) is 1. The number of dihydropyridines is 1. The normalized spacial score (nSPS) is 29.4. The highest BCUT2D eigenvalue weighted by atomic mass is 32.1. The molecule has 0 radical (unpaired) electrons. The number of para-hydroxylation sites is 1. The molecule has 13 nitrogen and oxygen atoms in total. The molecule has 0 spiro atoms. The zero-order valence-corrected chi connectivity index (χ0v) is 36.5. The number of aliphatic imine (C=N–C) groups is 1. The summed E-state index contributed by atoms with van der Waals surface area (Å²) in [5.74, 6) is 1.46. The fraction of sp³-hybridized carbons (Fsp3) is 0.556. The first kappa shape index (κ1) is 42.8. The van der Waals surface area contributed by atoms with Gasteiger partial charge in [-0.2, -0.15) is 5.10 Å². The molecule has 4 saturated carbocycles. The summed E-state index contributed by atoms with van der Waals surface area (Å²) >= 11 is 1.50. The molecule has 4 heterocycles. The van der Waals surface area contributed by atoms with E-state index in [0.29, 0.717) is 35.7 Å². The molecule has 6 aliphatic rings. The number of aromatic nitrogens is 3. The maximum Gasteiger partial charge on any atom is 0.212 e. The number of allylic oxidation sites excluding steroid dienone is 3. The summed E-state index contributed by atoms with van der Waals surface area (Å²) in [7, 11) is 3.11. The lowest BCUT2D eigenvalue weighted by molar-refractivity contribution is -0.248. The van der Waals surface area contributed by atoms with Crippen LogP contribution in [0.25, 0.3) is 15.8 Å². The first-order valence-electron chi connectivity index (χ1n) is 21.0. The Kier molecular flexibility index (Phi) is 12.3. The van der Waals surface area contributed by atoms with Crippen molar-refractivity contribution >= 4 is 43.9 Å². The number of rotatable bonds is 13. The van der Waals surface area contributed by atoms with E-state index in [1.54, 1.807) is 0 Å². The summed E-state index contributed by atoms with van der Waals surface area (Å²) in [4.78, 5) is 13.5. The third kappa shape index (κ3) is 8.65. The number of thiazole rings is 1. The number of likely N-dealkylation sites (N-methyl/N-ethyl adjacent to an activating group) is 1. The molecule has 4 bridgehead atoms. The smallest absolute Gasteiger partial charge is 0.212 e. The quantitative estimate of drug-likeness (QED) is 0.0588. The van der Waals surface area contributed by atoms with Gasteiger partial charge in [0.15, 0.2) is 0 Å². The number of aliphatic hydroxyl groups excluding tert-OH is 3. The largest absolute Gasteiger partial charge is 0.513 e. The minimum Gasteiger partial charge on any atom is -0.513 e. The molecule has 2 aromatic heterocycles. The molecule has 2 atom stereocenters. The van der Waals surface area contributed by atoms with E-state index >= 15 is 0 Å². The van der Waals surface area contributed by atoms with Crippen molar-refractivity contribution in [1.29, 1.82) is 5.41 Å². The molecule has 1 aromatic carbocycles. The van der Waals surface area contributed by atoms with Gasteiger partial charge in [0.1, 0.15) is 23.8 Å². The number of nitrogens with zero attached hydrogens (tertiary/aromatic N) is 6. The van der Waals surface area contributed by atoms with Crippen LogP contribution in [0.1, 0.15) is 89.8 Å². The number of amidine groups is 2. The van der Waals surface area contributed by atoms with Crippen LogP contribution < -0.4 is 11.1 Å². The van der Waals surface area contributed by atoms with Gasteiger partial charge < -0.3 is 40.9 Å². The fourth-order valence-corrected chi connectivity index (χ4v) is 12.7. The minimum atomic E-state index is -0.117. The van der Waals surface area contributed by atoms with Gasteiger partial charge in [-0.15, -0.1) is 0 Å². The lowest BCUT2D eigenvalue weighted by Crippen LogP contribution is -2.64. The summed E-state index contributed by atoms with van der Waals surface area (Å²) in [5.41, 5.74) is 13.0. The first-order valence-corrected chi connectivity index (χ1v) is 21.8. The number of hydrogen-bond donors (Lipinski definition) is 6. The van der Waals surface area contributed by atoms with Crippen molar-refractivity contribution in [2.75, 3.05) is 47.0 Å². The number of fused-ring (bicyclic) bond motifs is 1. The zero-order chi connectivity index (χ0) is 42.2. The molecule has 318 valence electrons. The molecule has 9 rings (SSSR count). The Labute approximate surface area is 352 Å². The van der Waals surface area contributed by atoms with Crippen LogP contribution in [0, 0.1) is 28.6 Å². The predicted molar refractivity (Wildman–Crippen MR) is 237 cm³/mol. The van der Waals surface area contributed by atoms with Crippen molar-refractivity contribution in [2.24, 2.45) is 27.0 Å². The number of piperidine rings is 1. The van der Waals surface area contributed by atoms with Gasteiger partial charge in [0, 0.05) is 62.3 Å². The molecular formula is C45H63N9O4S. The van der Waals surface area contributed by atoms with Gasteiger partial charge in [-0.1, -0.05) is 37.3 Å². The van der Waals surface area contributed by atoms with Crippen molar-refractivity contribution in [3.63, 3.8) is 0 Å². The predicted octanol–water partition coefficient (Wildman–Crippen LogP) is 7.17. The lowest BCUT2D eigenvalue weighted by atomic mass is 9.39. The molecule has 0 amide bonds. The molecular weight excluding hydrogens is 763 g/mol. The van der Waals surface area contributed by atoms with Gasteiger partial charge in [-0.25, -0.2) is 9.98 Å². The Balaban J connectivity index is 0.00000260. The Morgan fingerprint density at radius 1 is 1.10 bits per heavy atom. The molecule has 4 aliphatic carbocycles. The third-order valence-electron chi connectivity index (χ3n) is 13.2. The number of benzene rings is 1. The van der Waals surface area contributed by atoms with E-state index in [-0.39, 0.29) is 28.5 Å². The topological polar surface area (TPSA) is 181 Å². The summed E-state index contributed by atoms with van der Waals surface area (Å²) in [5, 5.41) is 45.1. The third-order valence-corrected chi connectivity index (χ3v) is 14.1. The molecule has 14 heteroatoms. The van der Waals surface area contributed by atoms with Crippen molar-refractivity contribution in [3.8, 4) is 0 Å². The van der Waals surface area contributed by atoms with Crippen LogP contribution >= 0.6 is 11.3 Å². The molecule has 7 N–H and O–H groups in total. The van der Waals surface area contributed by atoms with Gasteiger partial charge in [0.2, 0.25) is 5.13 Å². The molecule has 3 aromatic rings. The van der Waals surface area contributed by atoms with Crippen LogP contribution in [-0.2, 0) is 11.3 Å². The van der Waals surface area contributed by atoms with Crippen molar-refractivity contribution in [3.05, 3.63) is 82.8 Å². The molecule has 2 unspecified atom stereocenters. The molecule has 59 heavy (non-hydrogen) atoms. The van der Waals surface area contributed by atoms with Crippen molar-refractivity contribution < 1.29 is 20.1 Å². The van der Waals surface area contributed by atoms with Crippen LogP contribution in [0.2, 0.25) is 0 Å². The maximum atomic E-state index is 10.6. The van der Waals surface area contributed by atoms with Crippen LogP contribution in [-0.4, -0.2) is 104 Å². The van der Waals surface area contributed by atoms with Crippen LogP contribution in [0.15, 0.2) is 76.5 Å². The van der Waals surface area contributed by atoms with E-state index in [0.717, 1.165) is 116 Å². The van der Waals surface area contributed by atoms with E-state index in [2.05, 4.69) is 52.7 Å². The van der Waals surface area contributed by atoms with Gasteiger partial charge in [0.25, 0.3) is 0 Å². The highest BCUT2D eigenvalue weighted by Crippen LogP contribution is 2.72. The number of aliphatic hydroxyl groups is 3. The van der Waals surface area contributed by atoms with E-state index in [1.165, 1.54) is 30.6 Å². The number of nitrogens with one attached hydrogen (secondary N) is 2. The Bertz CT molecular complexity index is 2160. The number of likely N-dealkylation sites (tertiary alicyclic amines) is 1. The molecule has 2 aliphatic heterocycles. The van der Waals surface area contributed by atoms with Crippen molar-refractivity contribution in [2.45, 2.75) is 97.6 Å². The zero-order valence-electron chi connectivity index (χ0n) is 35.6. The maximum absolute atomic E-state index is 10.6. The van der Waals surface area contributed by atoms with Gasteiger partial charge in [-0.3, -0.25) is 10.1 Å². The first-order chi connectivity index (χ1) is 28.2. The SMILES string of the molecule is CC(=C1\CCCN(C2=CC=C(c3cnn(CC45CC6(C)CC(C)(C4)CC(OCCN(C)CCCO)(C6)C5)c3C)/C(=C\O)N2)C1=N)/C(N)=N\c1nc2ccccc2s1.CO. The number of ether oxygens (including phenoxy) is 1. The summed E-state index contributed by atoms with van der Waals surface area (Å²) < 4.78 is 10.2. The van der Waals surface area contributed by atoms with E-state index in [4.69, 9.17) is 20.7 Å². The lowest BCUT2D eigenvalue weighted by Gasteiger charge is -2.69. The Morgan fingerprint density at radius 3 is 2.56 bits per heavy atom. The highest BCUT2D eigenvalue weighted by molar-refractivity contribution is 7.22. The van der Waals surface area contributed by atoms with Gasteiger partial charge >= 0.3 is 0 Å². The standard InChI is InChI=1S/C44H59N9O3S.CH4O/c1-29(38(45)50-40-49-34-11-6-7-12-36(34)57-40)31-10-8-16-52(39(31)46)37-14-13-32(35(21-55)48-37)33-20-47-53(30(33)2)28-43-23-41(3)22-42(4,24-43)26-44(25-41,27-43)56-19-17-51(5)15-9-18-54;1-2/h6-7,11-14,20-21,46,48,54-55H,8-10,15-19,22-28H2,1-5H3,(H2,45,49,50);2H,1H3/b31-29-,35-21+,46-39?;. The Hall–Kier alpha value is -4.34. The van der Waals surface area contributed by atoms with E-state index in [1.807, 2.05) is 54.4 Å². The summed E-state index contributed by atoms with van der Waals surface area (Å²) in [6, 6.07) is 7.94. The second kappa shape index (κ2) is 17.0. The average Bonchev–Trinajstić information content (AvgIpc) is 3.77. The second-order valence-corrected chi connectivity index (χ2v) is 19.4. The van der Waals surface area contributed by atoms with Crippen LogP contribution in [0.4, 0.5) is 5.13 Å². The fourth-order valence-electron chi connectivity index (χ4n) is 11.9. The van der Waals surface area contributed by atoms with Crippen molar-refractivity contribution in [1.82, 2.24) is 29.9 Å². The van der Waals surface area contributed by atoms with E-state index in [9.17, 15) is 15.6 Å². The number of hydrogen-bond acceptors (Lipinski definition) is 11. The Morgan fingerprint density at radius 2 is 1.85 bits per heavy atom. The van der Waals surface area contributed by atoms with Crippen LogP contribution in [0.3, 0.4) is 0 Å². The highest BCUT2D eigenvalue weighted by Gasteiger charge is 2.66. The average molecular weight is 826 g/mol. The molecule has 1 saturated heterocycles. The molecule has 5 fully saturated rings.